The molecule has 0 radical (unpaired) electrons. The van der Waals surface area contributed by atoms with E-state index in [4.69, 9.17) is 33.2 Å². The van der Waals surface area contributed by atoms with Crippen LogP contribution in [0, 0.1) is 17.8 Å². The zero-order valence-corrected chi connectivity index (χ0v) is 32.5. The Morgan fingerprint density at radius 2 is 1.47 bits per heavy atom. The number of carbonyl (C=O) groups is 1. The van der Waals surface area contributed by atoms with E-state index in [1.165, 1.54) is 0 Å². The Morgan fingerprint density at radius 1 is 0.857 bits per heavy atom. The first-order valence-corrected chi connectivity index (χ1v) is 18.0. The third-order valence-electron chi connectivity index (χ3n) is 11.6. The smallest absolute Gasteiger partial charge is 0.311 e. The summed E-state index contributed by atoms with van der Waals surface area (Å²) in [4.78, 5) is 17.9. The molecule has 3 heterocycles. The molecule has 0 aliphatic carbocycles. The molecule has 13 nitrogen and oxygen atoms in total. The number of rotatable bonds is 7. The summed E-state index contributed by atoms with van der Waals surface area (Å²) in [6.45, 7) is 17.4. The Kier molecular flexibility index (Phi) is 14.9. The molecule has 0 bridgehead atoms. The van der Waals surface area contributed by atoms with E-state index in [2.05, 4.69) is 0 Å². The third-order valence-corrected chi connectivity index (χ3v) is 11.6. The highest BCUT2D eigenvalue weighted by Gasteiger charge is 2.52. The van der Waals surface area contributed by atoms with E-state index < -0.39 is 84.3 Å². The van der Waals surface area contributed by atoms with Gasteiger partial charge in [-0.1, -0.05) is 13.8 Å². The van der Waals surface area contributed by atoms with Gasteiger partial charge in [-0.25, -0.2) is 0 Å². The minimum Gasteiger partial charge on any atom is -0.461 e. The Morgan fingerprint density at radius 3 is 2.04 bits per heavy atom. The second kappa shape index (κ2) is 17.2. The Hall–Kier alpha value is -0.970. The van der Waals surface area contributed by atoms with Crippen molar-refractivity contribution in [2.75, 3.05) is 41.9 Å². The number of hydrogen-bond donors (Lipinski definition) is 3. The number of ether oxygens (including phenoxy) is 7. The second-order valence-electron chi connectivity index (χ2n) is 15.9. The SMILES string of the molecule is CO[C@]1(C)CC(O[C@H]2[C@H](C)[C@@H](O[C@@H]3O[C@H](C)C[C@H](N(C)C)[C@H]3O)[C@@](C)(OC)C[C@@H](C)[C@H](O)[C@H](C)N(C)C[C@@H](C)OC(=O)[C@@H]2C)O[C@@H](C)[C@@H]1O. The van der Waals surface area contributed by atoms with Crippen LogP contribution in [-0.2, 0) is 38.0 Å². The number of carbonyl (C=O) groups excluding carboxylic acids is 1. The van der Waals surface area contributed by atoms with Crippen molar-refractivity contribution in [2.45, 2.75) is 166 Å². The maximum absolute atomic E-state index is 13.9. The fraction of sp³-hybridized carbons (Fsp3) is 0.972. The van der Waals surface area contributed by atoms with Gasteiger partial charge in [0.25, 0.3) is 0 Å². The summed E-state index contributed by atoms with van der Waals surface area (Å²) in [6, 6.07) is -0.460. The molecule has 3 aliphatic heterocycles. The van der Waals surface area contributed by atoms with Crippen LogP contribution in [0.25, 0.3) is 0 Å². The number of nitrogens with zero attached hydrogens (tertiary/aromatic N) is 2. The van der Waals surface area contributed by atoms with E-state index in [0.29, 0.717) is 19.4 Å². The molecule has 3 saturated heterocycles. The topological polar surface area (TPSA) is 149 Å². The van der Waals surface area contributed by atoms with Crippen LogP contribution in [0.3, 0.4) is 0 Å². The summed E-state index contributed by atoms with van der Waals surface area (Å²) in [6.07, 6.45) is -6.14. The van der Waals surface area contributed by atoms with Crippen molar-refractivity contribution in [3.05, 3.63) is 0 Å². The van der Waals surface area contributed by atoms with Crippen molar-refractivity contribution in [1.82, 2.24) is 9.80 Å². The largest absolute Gasteiger partial charge is 0.461 e. The summed E-state index contributed by atoms with van der Waals surface area (Å²) in [5.74, 6) is -2.05. The van der Waals surface area contributed by atoms with Crippen LogP contribution in [0.2, 0.25) is 0 Å². The molecule has 0 amide bonds. The van der Waals surface area contributed by atoms with Crippen LogP contribution in [0.4, 0.5) is 0 Å². The molecular formula is C36H68N2O11. The molecule has 3 N–H and O–H groups in total. The lowest BCUT2D eigenvalue weighted by Crippen LogP contribution is -2.61. The summed E-state index contributed by atoms with van der Waals surface area (Å²) in [7, 11) is 8.89. The van der Waals surface area contributed by atoms with E-state index in [9.17, 15) is 20.1 Å². The Bertz CT molecular complexity index is 1050. The van der Waals surface area contributed by atoms with Gasteiger partial charge < -0.3 is 53.4 Å². The Balaban J connectivity index is 2.15. The quantitative estimate of drug-likeness (QED) is 0.334. The maximum Gasteiger partial charge on any atom is 0.311 e. The van der Waals surface area contributed by atoms with Crippen LogP contribution in [0.5, 0.6) is 0 Å². The summed E-state index contributed by atoms with van der Waals surface area (Å²) in [5, 5.41) is 34.0. The lowest BCUT2D eigenvalue weighted by Gasteiger charge is -2.50. The number of methoxy groups -OCH3 is 2. The number of esters is 1. The van der Waals surface area contributed by atoms with Gasteiger partial charge >= 0.3 is 5.97 Å². The Labute approximate surface area is 294 Å². The average Bonchev–Trinajstić information content (AvgIpc) is 3.03. The molecule has 3 fully saturated rings. The fourth-order valence-electron chi connectivity index (χ4n) is 8.12. The van der Waals surface area contributed by atoms with Gasteiger partial charge in [0.05, 0.1) is 47.6 Å². The summed E-state index contributed by atoms with van der Waals surface area (Å²) < 4.78 is 44.1. The standard InChI is InChI=1S/C36H68N2O11/c1-19-16-36(9,44-14)32(49-34-29(40)26(37(10)11)15-20(2)46-34)22(4)30(48-27-17-35(8,43-13)31(41)25(7)47-27)23(5)33(42)45-21(3)18-38(12)24(6)28(19)39/h19-32,34,39-41H,15-18H2,1-14H3/t19-,20-,21-,22+,23-,24+,25+,26+,27?,28+,29-,30+,31+,32-,34+,35-,36+/m1/s1. The second-order valence-corrected chi connectivity index (χ2v) is 15.9. The first kappa shape index (κ1) is 42.4. The van der Waals surface area contributed by atoms with Gasteiger partial charge in [-0.05, 0) is 88.4 Å². The maximum atomic E-state index is 13.9. The van der Waals surface area contributed by atoms with Gasteiger partial charge in [0.15, 0.2) is 12.6 Å². The number of aliphatic hydroxyl groups is 3. The predicted octanol–water partition coefficient (Wildman–Crippen LogP) is 2.41. The number of likely N-dealkylation sites (N-methyl/N-ethyl adjacent to an activating group) is 2. The lowest BCUT2D eigenvalue weighted by molar-refractivity contribution is -0.319. The van der Waals surface area contributed by atoms with Gasteiger partial charge in [0, 0.05) is 45.2 Å². The van der Waals surface area contributed by atoms with Crippen LogP contribution in [-0.4, -0.2) is 158 Å². The number of cyclic esters (lactones) is 1. The van der Waals surface area contributed by atoms with Crippen molar-refractivity contribution in [3.63, 3.8) is 0 Å². The molecule has 0 aromatic rings. The van der Waals surface area contributed by atoms with E-state index in [-0.39, 0.29) is 30.5 Å². The predicted molar refractivity (Wildman–Crippen MR) is 184 cm³/mol. The van der Waals surface area contributed by atoms with E-state index >= 15 is 0 Å². The van der Waals surface area contributed by atoms with Crippen LogP contribution in [0.15, 0.2) is 0 Å². The minimum absolute atomic E-state index is 0.196. The monoisotopic (exact) mass is 704 g/mol. The highest BCUT2D eigenvalue weighted by molar-refractivity contribution is 5.73. The highest BCUT2D eigenvalue weighted by Crippen LogP contribution is 2.41. The molecule has 0 aromatic heterocycles. The summed E-state index contributed by atoms with van der Waals surface area (Å²) in [5.41, 5.74) is -2.00. The van der Waals surface area contributed by atoms with Crippen LogP contribution in [0.1, 0.15) is 81.6 Å². The van der Waals surface area contributed by atoms with Crippen LogP contribution >= 0.6 is 0 Å². The van der Waals surface area contributed by atoms with E-state index in [0.717, 1.165) is 0 Å². The van der Waals surface area contributed by atoms with Crippen LogP contribution < -0.4 is 0 Å². The highest BCUT2D eigenvalue weighted by atomic mass is 16.7. The van der Waals surface area contributed by atoms with Gasteiger partial charge in [-0.2, -0.15) is 0 Å². The molecule has 1 unspecified atom stereocenters. The molecule has 0 aromatic carbocycles. The molecule has 3 rings (SSSR count). The number of hydrogen-bond acceptors (Lipinski definition) is 13. The van der Waals surface area contributed by atoms with Gasteiger partial charge in [-0.15, -0.1) is 0 Å². The minimum atomic E-state index is -1.05. The molecule has 13 heteroatoms. The molecular weight excluding hydrogens is 636 g/mol. The molecule has 288 valence electrons. The molecule has 17 atom stereocenters. The average molecular weight is 705 g/mol. The van der Waals surface area contributed by atoms with E-state index in [1.807, 2.05) is 79.4 Å². The van der Waals surface area contributed by atoms with Crippen molar-refractivity contribution in [2.24, 2.45) is 17.8 Å². The molecule has 0 spiro atoms. The first-order valence-electron chi connectivity index (χ1n) is 18.0. The van der Waals surface area contributed by atoms with Crippen molar-refractivity contribution < 1.29 is 53.3 Å². The van der Waals surface area contributed by atoms with Gasteiger partial charge in [-0.3, -0.25) is 9.69 Å². The third kappa shape index (κ3) is 9.72. The van der Waals surface area contributed by atoms with Gasteiger partial charge in [0.1, 0.15) is 18.3 Å². The zero-order chi connectivity index (χ0) is 37.2. The zero-order valence-electron chi connectivity index (χ0n) is 32.5. The summed E-state index contributed by atoms with van der Waals surface area (Å²) >= 11 is 0. The molecule has 0 saturated carbocycles. The van der Waals surface area contributed by atoms with E-state index in [1.54, 1.807) is 28.1 Å². The first-order chi connectivity index (χ1) is 22.7. The number of aliphatic hydroxyl groups excluding tert-OH is 3. The van der Waals surface area contributed by atoms with Gasteiger partial charge in [0.2, 0.25) is 0 Å². The van der Waals surface area contributed by atoms with Crippen molar-refractivity contribution >= 4 is 5.97 Å². The van der Waals surface area contributed by atoms with Crippen molar-refractivity contribution in [1.29, 1.82) is 0 Å². The molecule has 3 aliphatic rings. The normalized spacial score (nSPS) is 48.6. The fourth-order valence-corrected chi connectivity index (χ4v) is 8.12. The molecule has 49 heavy (non-hydrogen) atoms. The lowest BCUT2D eigenvalue weighted by atomic mass is 9.76. The van der Waals surface area contributed by atoms with Crippen molar-refractivity contribution in [3.8, 4) is 0 Å².